The average Bonchev–Trinajstić information content (AvgIpc) is 2.71. The Hall–Kier alpha value is -2.11. The molecule has 0 aliphatic rings. The molecule has 0 aliphatic carbocycles. The SMILES string of the molecule is CCCOC(=O)[C@](O[SiH3])(C(C)(C)C)C(C)(C)c1ccc(OCc2ccccc2)cc1. The summed E-state index contributed by atoms with van der Waals surface area (Å²) in [5.41, 5.74) is -0.0137. The molecule has 30 heavy (non-hydrogen) atoms. The molecule has 2 aromatic rings. The Kier molecular flexibility index (Phi) is 7.89. The zero-order chi connectivity index (χ0) is 22.4. The van der Waals surface area contributed by atoms with Crippen molar-refractivity contribution in [3.63, 3.8) is 0 Å². The molecular weight excluding hydrogens is 392 g/mol. The van der Waals surface area contributed by atoms with Crippen LogP contribution in [0, 0.1) is 5.41 Å². The summed E-state index contributed by atoms with van der Waals surface area (Å²) in [4.78, 5) is 13.3. The van der Waals surface area contributed by atoms with Crippen LogP contribution >= 0.6 is 0 Å². The Balaban J connectivity index is 2.32. The fourth-order valence-electron chi connectivity index (χ4n) is 4.35. The van der Waals surface area contributed by atoms with Crippen LogP contribution in [0.5, 0.6) is 5.75 Å². The number of hydrogen-bond donors (Lipinski definition) is 0. The van der Waals surface area contributed by atoms with Crippen molar-refractivity contribution in [3.05, 3.63) is 65.7 Å². The van der Waals surface area contributed by atoms with Crippen LogP contribution in [0.1, 0.15) is 59.1 Å². The third-order valence-corrected chi connectivity index (χ3v) is 6.40. The molecule has 0 aliphatic heterocycles. The van der Waals surface area contributed by atoms with E-state index >= 15 is 0 Å². The van der Waals surface area contributed by atoms with Gasteiger partial charge in [0.2, 0.25) is 0 Å². The summed E-state index contributed by atoms with van der Waals surface area (Å²) in [5, 5.41) is 0. The predicted molar refractivity (Wildman–Crippen MR) is 125 cm³/mol. The van der Waals surface area contributed by atoms with Crippen LogP contribution in [0.15, 0.2) is 54.6 Å². The molecular formula is C25H36O4Si. The number of carbonyl (C=O) groups is 1. The Morgan fingerprint density at radius 1 is 0.933 bits per heavy atom. The van der Waals surface area contributed by atoms with Gasteiger partial charge < -0.3 is 13.9 Å². The first kappa shape index (κ1) is 24.2. The van der Waals surface area contributed by atoms with Crippen molar-refractivity contribution < 1.29 is 18.7 Å². The molecule has 1 atom stereocenters. The number of ether oxygens (including phenoxy) is 2. The summed E-state index contributed by atoms with van der Waals surface area (Å²) in [6.45, 7) is 13.1. The van der Waals surface area contributed by atoms with E-state index < -0.39 is 16.4 Å². The normalized spacial score (nSPS) is 14.2. The molecule has 0 saturated heterocycles. The fourth-order valence-corrected chi connectivity index (χ4v) is 5.64. The number of esters is 1. The van der Waals surface area contributed by atoms with Gasteiger partial charge in [-0.25, -0.2) is 4.79 Å². The second kappa shape index (κ2) is 9.80. The summed E-state index contributed by atoms with van der Waals surface area (Å²) in [7, 11) is 0.425. The maximum atomic E-state index is 13.3. The summed E-state index contributed by atoms with van der Waals surface area (Å²) < 4.78 is 17.7. The Morgan fingerprint density at radius 2 is 1.53 bits per heavy atom. The lowest BCUT2D eigenvalue weighted by Gasteiger charge is -2.52. The van der Waals surface area contributed by atoms with E-state index in [2.05, 4.69) is 13.8 Å². The van der Waals surface area contributed by atoms with Gasteiger partial charge in [-0.1, -0.05) is 84.0 Å². The molecule has 0 radical (unpaired) electrons. The third-order valence-electron chi connectivity index (χ3n) is 5.79. The quantitative estimate of drug-likeness (QED) is 0.433. The average molecular weight is 429 g/mol. The summed E-state index contributed by atoms with van der Waals surface area (Å²) in [5.74, 6) is 0.501. The molecule has 0 fully saturated rings. The highest BCUT2D eigenvalue weighted by molar-refractivity contribution is 6.01. The second-order valence-electron chi connectivity index (χ2n) is 9.19. The second-order valence-corrected chi connectivity index (χ2v) is 9.60. The Bertz CT molecular complexity index is 809. The Labute approximate surface area is 184 Å². The molecule has 0 heterocycles. The minimum atomic E-state index is -1.09. The van der Waals surface area contributed by atoms with Crippen molar-refractivity contribution in [2.24, 2.45) is 5.41 Å². The fraction of sp³-hybridized carbons (Fsp3) is 0.480. The van der Waals surface area contributed by atoms with Crippen molar-refractivity contribution in [2.45, 2.75) is 65.6 Å². The van der Waals surface area contributed by atoms with E-state index in [1.54, 1.807) is 0 Å². The van der Waals surface area contributed by atoms with Crippen molar-refractivity contribution in [1.82, 2.24) is 0 Å². The minimum Gasteiger partial charge on any atom is -0.489 e. The molecule has 4 nitrogen and oxygen atoms in total. The van der Waals surface area contributed by atoms with Gasteiger partial charge in [-0.05, 0) is 29.7 Å². The maximum Gasteiger partial charge on any atom is 0.338 e. The standard InChI is InChI=1S/C25H36O4Si/c1-7-17-27-22(26)25(29-30,23(2,3)4)24(5,6)20-13-15-21(16-14-20)28-18-19-11-9-8-10-12-19/h8-16H,7,17-18H2,1-6,30H3/t25-/m0/s1. The molecule has 0 aromatic heterocycles. The van der Waals surface area contributed by atoms with Crippen LogP contribution < -0.4 is 4.74 Å². The topological polar surface area (TPSA) is 44.8 Å². The van der Waals surface area contributed by atoms with Gasteiger partial charge in [0.05, 0.1) is 6.61 Å². The molecule has 164 valence electrons. The molecule has 0 saturated carbocycles. The van der Waals surface area contributed by atoms with E-state index in [1.807, 2.05) is 82.3 Å². The minimum absolute atomic E-state index is 0.291. The molecule has 0 amide bonds. The molecule has 2 rings (SSSR count). The first-order chi connectivity index (χ1) is 14.1. The highest BCUT2D eigenvalue weighted by atomic mass is 28.2. The van der Waals surface area contributed by atoms with E-state index in [1.165, 1.54) is 0 Å². The van der Waals surface area contributed by atoms with Crippen LogP contribution in [-0.4, -0.2) is 28.7 Å². The van der Waals surface area contributed by atoms with Gasteiger partial charge in [0.25, 0.3) is 0 Å². The number of hydrogen-bond acceptors (Lipinski definition) is 4. The van der Waals surface area contributed by atoms with Gasteiger partial charge in [0.1, 0.15) is 22.8 Å². The summed E-state index contributed by atoms with van der Waals surface area (Å²) in [6, 6.07) is 18.0. The lowest BCUT2D eigenvalue weighted by molar-refractivity contribution is -0.183. The third kappa shape index (κ3) is 4.78. The summed E-state index contributed by atoms with van der Waals surface area (Å²) >= 11 is 0. The van der Waals surface area contributed by atoms with Gasteiger partial charge in [0.15, 0.2) is 5.60 Å². The van der Waals surface area contributed by atoms with Gasteiger partial charge in [-0.3, -0.25) is 0 Å². The largest absolute Gasteiger partial charge is 0.489 e. The van der Waals surface area contributed by atoms with Crippen molar-refractivity contribution in [2.75, 3.05) is 6.61 Å². The lowest BCUT2D eigenvalue weighted by Crippen LogP contribution is -2.64. The number of carbonyl (C=O) groups excluding carboxylic acids is 1. The van der Waals surface area contributed by atoms with Crippen molar-refractivity contribution >= 4 is 16.5 Å². The van der Waals surface area contributed by atoms with E-state index in [4.69, 9.17) is 13.9 Å². The van der Waals surface area contributed by atoms with Gasteiger partial charge in [-0.15, -0.1) is 0 Å². The van der Waals surface area contributed by atoms with Crippen molar-refractivity contribution in [1.29, 1.82) is 0 Å². The maximum absolute atomic E-state index is 13.3. The predicted octanol–water partition coefficient (Wildman–Crippen LogP) is 4.58. The van der Waals surface area contributed by atoms with Crippen molar-refractivity contribution in [3.8, 4) is 5.75 Å². The molecule has 0 unspecified atom stereocenters. The molecule has 5 heteroatoms. The van der Waals surface area contributed by atoms with E-state index in [0.29, 0.717) is 23.7 Å². The van der Waals surface area contributed by atoms with Crippen LogP contribution in [0.3, 0.4) is 0 Å². The first-order valence-electron chi connectivity index (χ1n) is 10.6. The highest BCUT2D eigenvalue weighted by Crippen LogP contribution is 2.49. The van der Waals surface area contributed by atoms with Crippen LogP contribution in [-0.2, 0) is 26.0 Å². The van der Waals surface area contributed by atoms with E-state index in [0.717, 1.165) is 23.3 Å². The van der Waals surface area contributed by atoms with Crippen LogP contribution in [0.25, 0.3) is 0 Å². The Morgan fingerprint density at radius 3 is 2.03 bits per heavy atom. The van der Waals surface area contributed by atoms with Gasteiger partial charge in [0, 0.05) is 10.8 Å². The number of rotatable bonds is 9. The molecule has 2 aromatic carbocycles. The van der Waals surface area contributed by atoms with E-state index in [9.17, 15) is 4.79 Å². The molecule has 0 spiro atoms. The monoisotopic (exact) mass is 428 g/mol. The van der Waals surface area contributed by atoms with Gasteiger partial charge in [-0.2, -0.15) is 0 Å². The van der Waals surface area contributed by atoms with Crippen LogP contribution in [0.4, 0.5) is 0 Å². The van der Waals surface area contributed by atoms with Crippen LogP contribution in [0.2, 0.25) is 0 Å². The summed E-state index contributed by atoms with van der Waals surface area (Å²) in [6.07, 6.45) is 0.779. The zero-order valence-electron chi connectivity index (χ0n) is 19.5. The lowest BCUT2D eigenvalue weighted by atomic mass is 9.59. The van der Waals surface area contributed by atoms with Gasteiger partial charge >= 0.3 is 5.97 Å². The van der Waals surface area contributed by atoms with E-state index in [-0.39, 0.29) is 5.97 Å². The smallest absolute Gasteiger partial charge is 0.338 e. The first-order valence-corrected chi connectivity index (χ1v) is 11.4. The zero-order valence-corrected chi connectivity index (χ0v) is 21.5. The highest BCUT2D eigenvalue weighted by Gasteiger charge is 2.60. The number of benzene rings is 2. The molecule has 0 bridgehead atoms. The molecule has 0 N–H and O–H groups in total.